The van der Waals surface area contributed by atoms with E-state index in [4.69, 9.17) is 0 Å². The van der Waals surface area contributed by atoms with Gasteiger partial charge in [0.2, 0.25) is 0 Å². The van der Waals surface area contributed by atoms with Gasteiger partial charge in [0.15, 0.2) is 0 Å². The minimum Gasteiger partial charge on any atom is -0.307 e. The van der Waals surface area contributed by atoms with Gasteiger partial charge in [-0.25, -0.2) is 0 Å². The van der Waals surface area contributed by atoms with Crippen LogP contribution < -0.4 is 0 Å². The lowest BCUT2D eigenvalue weighted by molar-refractivity contribution is 0.0782. The van der Waals surface area contributed by atoms with E-state index >= 15 is 0 Å². The second-order valence-electron chi connectivity index (χ2n) is 5.53. The fourth-order valence-electron chi connectivity index (χ4n) is 2.76. The number of aromatic nitrogens is 1. The van der Waals surface area contributed by atoms with Crippen molar-refractivity contribution in [1.29, 1.82) is 0 Å². The summed E-state index contributed by atoms with van der Waals surface area (Å²) in [4.78, 5) is 19.0. The average molecular weight is 292 g/mol. The Bertz CT molecular complexity index is 650. The quantitative estimate of drug-likeness (QED) is 0.847. The van der Waals surface area contributed by atoms with Crippen LogP contribution in [0.5, 0.6) is 0 Å². The van der Waals surface area contributed by atoms with Crippen LogP contribution in [0.25, 0.3) is 0 Å². The SMILES string of the molecule is O=C(c1ccccn1)N(Cc1ccccc1)C1=CCCCC1. The minimum atomic E-state index is -0.0161. The number of pyridine rings is 1. The van der Waals surface area contributed by atoms with Crippen LogP contribution in [0.4, 0.5) is 0 Å². The van der Waals surface area contributed by atoms with Crippen molar-refractivity contribution in [1.82, 2.24) is 9.88 Å². The minimum absolute atomic E-state index is 0.0161. The molecule has 1 aromatic heterocycles. The van der Waals surface area contributed by atoms with Crippen LogP contribution in [0.15, 0.2) is 66.5 Å². The number of carbonyl (C=O) groups excluding carboxylic acids is 1. The van der Waals surface area contributed by atoms with Gasteiger partial charge in [-0.2, -0.15) is 0 Å². The average Bonchev–Trinajstić information content (AvgIpc) is 2.61. The smallest absolute Gasteiger partial charge is 0.276 e. The Morgan fingerprint density at radius 3 is 2.55 bits per heavy atom. The lowest BCUT2D eigenvalue weighted by Gasteiger charge is -2.27. The molecule has 0 unspecified atom stereocenters. The number of rotatable bonds is 4. The van der Waals surface area contributed by atoms with Crippen molar-refractivity contribution in [2.75, 3.05) is 0 Å². The zero-order valence-corrected chi connectivity index (χ0v) is 12.6. The van der Waals surface area contributed by atoms with Crippen molar-refractivity contribution in [2.24, 2.45) is 0 Å². The van der Waals surface area contributed by atoms with Crippen LogP contribution in [-0.4, -0.2) is 15.8 Å². The second kappa shape index (κ2) is 7.03. The Kier molecular flexibility index (Phi) is 4.64. The van der Waals surface area contributed by atoms with E-state index < -0.39 is 0 Å². The van der Waals surface area contributed by atoms with Crippen molar-refractivity contribution in [3.63, 3.8) is 0 Å². The first kappa shape index (κ1) is 14.5. The van der Waals surface area contributed by atoms with Gasteiger partial charge in [0.25, 0.3) is 5.91 Å². The van der Waals surface area contributed by atoms with Gasteiger partial charge < -0.3 is 4.90 Å². The third kappa shape index (κ3) is 3.42. The predicted molar refractivity (Wildman–Crippen MR) is 87.1 cm³/mol. The Morgan fingerprint density at radius 2 is 1.86 bits per heavy atom. The molecule has 0 saturated carbocycles. The molecule has 1 amide bonds. The highest BCUT2D eigenvalue weighted by Gasteiger charge is 2.21. The van der Waals surface area contributed by atoms with E-state index in [0.29, 0.717) is 12.2 Å². The van der Waals surface area contributed by atoms with Crippen molar-refractivity contribution in [3.8, 4) is 0 Å². The molecule has 1 heterocycles. The van der Waals surface area contributed by atoms with Crippen LogP contribution in [0.3, 0.4) is 0 Å². The molecule has 3 heteroatoms. The van der Waals surface area contributed by atoms with Gasteiger partial charge in [0, 0.05) is 11.9 Å². The van der Waals surface area contributed by atoms with Crippen LogP contribution in [-0.2, 0) is 6.54 Å². The van der Waals surface area contributed by atoms with E-state index in [9.17, 15) is 4.79 Å². The molecule has 0 bridgehead atoms. The maximum absolute atomic E-state index is 12.9. The fraction of sp³-hybridized carbons (Fsp3) is 0.263. The molecule has 0 spiro atoms. The maximum Gasteiger partial charge on any atom is 0.276 e. The molecule has 1 aliphatic carbocycles. The number of hydrogen-bond acceptors (Lipinski definition) is 2. The maximum atomic E-state index is 12.9. The van der Waals surface area contributed by atoms with E-state index in [1.807, 2.05) is 35.2 Å². The van der Waals surface area contributed by atoms with Crippen LogP contribution in [0, 0.1) is 0 Å². The van der Waals surface area contributed by atoms with Crippen molar-refractivity contribution in [3.05, 3.63) is 77.8 Å². The summed E-state index contributed by atoms with van der Waals surface area (Å²) in [6, 6.07) is 15.6. The largest absolute Gasteiger partial charge is 0.307 e. The number of carbonyl (C=O) groups is 1. The summed E-state index contributed by atoms with van der Waals surface area (Å²) in [6.07, 6.45) is 8.24. The molecule has 0 saturated heterocycles. The summed E-state index contributed by atoms with van der Waals surface area (Å²) in [5.74, 6) is -0.0161. The highest BCUT2D eigenvalue weighted by atomic mass is 16.2. The molecule has 1 aromatic carbocycles. The molecular weight excluding hydrogens is 272 g/mol. The molecule has 0 atom stereocenters. The number of hydrogen-bond donors (Lipinski definition) is 0. The predicted octanol–water partition coefficient (Wildman–Crippen LogP) is 4.18. The Labute approximate surface area is 131 Å². The summed E-state index contributed by atoms with van der Waals surface area (Å²) < 4.78 is 0. The van der Waals surface area contributed by atoms with E-state index in [1.165, 1.54) is 6.42 Å². The second-order valence-corrected chi connectivity index (χ2v) is 5.53. The van der Waals surface area contributed by atoms with Crippen molar-refractivity contribution < 1.29 is 4.79 Å². The van der Waals surface area contributed by atoms with Gasteiger partial charge >= 0.3 is 0 Å². The molecule has 112 valence electrons. The van der Waals surface area contributed by atoms with E-state index in [0.717, 1.165) is 30.5 Å². The molecule has 1 aliphatic rings. The van der Waals surface area contributed by atoms with Gasteiger partial charge in [-0.1, -0.05) is 42.5 Å². The van der Waals surface area contributed by atoms with Crippen LogP contribution in [0.1, 0.15) is 41.7 Å². The Morgan fingerprint density at radius 1 is 1.05 bits per heavy atom. The normalized spacial score (nSPS) is 14.3. The number of nitrogens with zero attached hydrogens (tertiary/aromatic N) is 2. The lowest BCUT2D eigenvalue weighted by atomic mass is 10.0. The summed E-state index contributed by atoms with van der Waals surface area (Å²) >= 11 is 0. The van der Waals surface area contributed by atoms with Crippen molar-refractivity contribution >= 4 is 5.91 Å². The standard InChI is InChI=1S/C19H20N2O/c22-19(18-13-7-8-14-20-18)21(17-11-5-2-6-12-17)15-16-9-3-1-4-10-16/h1,3-4,7-11,13-14H,2,5-6,12,15H2. The molecule has 0 fully saturated rings. The first-order valence-corrected chi connectivity index (χ1v) is 7.80. The Hall–Kier alpha value is -2.42. The number of allylic oxidation sites excluding steroid dienone is 2. The third-order valence-corrected chi connectivity index (χ3v) is 3.93. The molecule has 3 rings (SSSR count). The first-order chi connectivity index (χ1) is 10.8. The van der Waals surface area contributed by atoms with E-state index in [1.54, 1.807) is 12.3 Å². The molecule has 22 heavy (non-hydrogen) atoms. The molecule has 0 aliphatic heterocycles. The zero-order chi connectivity index (χ0) is 15.2. The van der Waals surface area contributed by atoms with Gasteiger partial charge in [-0.3, -0.25) is 9.78 Å². The molecule has 0 N–H and O–H groups in total. The highest BCUT2D eigenvalue weighted by molar-refractivity contribution is 5.93. The fourth-order valence-corrected chi connectivity index (χ4v) is 2.76. The number of amides is 1. The summed E-state index contributed by atoms with van der Waals surface area (Å²) in [5, 5.41) is 0. The van der Waals surface area contributed by atoms with Gasteiger partial charge in [0.1, 0.15) is 5.69 Å². The van der Waals surface area contributed by atoms with E-state index in [2.05, 4.69) is 23.2 Å². The van der Waals surface area contributed by atoms with Gasteiger partial charge in [-0.05, 0) is 43.4 Å². The number of benzene rings is 1. The van der Waals surface area contributed by atoms with Gasteiger partial charge in [-0.15, -0.1) is 0 Å². The van der Waals surface area contributed by atoms with Crippen LogP contribution in [0.2, 0.25) is 0 Å². The van der Waals surface area contributed by atoms with Crippen LogP contribution >= 0.6 is 0 Å². The zero-order valence-electron chi connectivity index (χ0n) is 12.6. The molecule has 0 radical (unpaired) electrons. The third-order valence-electron chi connectivity index (χ3n) is 3.93. The summed E-state index contributed by atoms with van der Waals surface area (Å²) in [7, 11) is 0. The molecule has 3 nitrogen and oxygen atoms in total. The highest BCUT2D eigenvalue weighted by Crippen LogP contribution is 2.24. The lowest BCUT2D eigenvalue weighted by Crippen LogP contribution is -2.31. The Balaban J connectivity index is 1.89. The topological polar surface area (TPSA) is 33.2 Å². The molecule has 2 aromatic rings. The van der Waals surface area contributed by atoms with Gasteiger partial charge in [0.05, 0.1) is 6.54 Å². The first-order valence-electron chi connectivity index (χ1n) is 7.80. The van der Waals surface area contributed by atoms with E-state index in [-0.39, 0.29) is 5.91 Å². The summed E-state index contributed by atoms with van der Waals surface area (Å²) in [5.41, 5.74) is 2.77. The van der Waals surface area contributed by atoms with Crippen molar-refractivity contribution in [2.45, 2.75) is 32.2 Å². The monoisotopic (exact) mass is 292 g/mol. The molecular formula is C19H20N2O. The summed E-state index contributed by atoms with van der Waals surface area (Å²) in [6.45, 7) is 0.599.